The summed E-state index contributed by atoms with van der Waals surface area (Å²) < 4.78 is 11.0. The standard InChI is InChI=1S/C23H32N4O3/c1-5-13-25-22(28)18-10-8-9-17(14-18)16-26-23(24-6-2)27-19-11-12-20(30-7-3)21(15-19)29-4/h8-12,14-15H,5-7,13,16H2,1-4H3,(H,25,28)(H2,24,26,27). The van der Waals surface area contributed by atoms with Crippen molar-refractivity contribution in [3.05, 3.63) is 53.6 Å². The molecule has 0 saturated carbocycles. The largest absolute Gasteiger partial charge is 0.493 e. The summed E-state index contributed by atoms with van der Waals surface area (Å²) in [5.41, 5.74) is 2.44. The number of nitrogens with zero attached hydrogens (tertiary/aromatic N) is 1. The monoisotopic (exact) mass is 412 g/mol. The van der Waals surface area contributed by atoms with Crippen LogP contribution in [0.25, 0.3) is 0 Å². The second kappa shape index (κ2) is 12.4. The number of guanidine groups is 1. The zero-order valence-electron chi connectivity index (χ0n) is 18.2. The smallest absolute Gasteiger partial charge is 0.251 e. The SMILES string of the molecule is CCCNC(=O)c1cccc(CN=C(NCC)Nc2ccc(OCC)c(OC)c2)c1. The fourth-order valence-corrected chi connectivity index (χ4v) is 2.79. The van der Waals surface area contributed by atoms with E-state index in [1.165, 1.54) is 0 Å². The minimum absolute atomic E-state index is 0.0609. The number of carbonyl (C=O) groups is 1. The van der Waals surface area contributed by atoms with E-state index in [9.17, 15) is 4.79 Å². The Labute approximate surface area is 178 Å². The van der Waals surface area contributed by atoms with E-state index in [4.69, 9.17) is 9.47 Å². The van der Waals surface area contributed by atoms with Gasteiger partial charge in [0.25, 0.3) is 5.91 Å². The molecule has 2 aromatic carbocycles. The summed E-state index contributed by atoms with van der Waals surface area (Å²) in [6.07, 6.45) is 0.907. The Hall–Kier alpha value is -3.22. The Morgan fingerprint density at radius 2 is 1.87 bits per heavy atom. The van der Waals surface area contributed by atoms with Gasteiger partial charge in [-0.2, -0.15) is 0 Å². The van der Waals surface area contributed by atoms with Gasteiger partial charge >= 0.3 is 0 Å². The van der Waals surface area contributed by atoms with Gasteiger partial charge < -0.3 is 25.4 Å². The number of rotatable bonds is 10. The van der Waals surface area contributed by atoms with Crippen molar-refractivity contribution in [2.45, 2.75) is 33.7 Å². The summed E-state index contributed by atoms with van der Waals surface area (Å²) >= 11 is 0. The molecule has 0 bridgehead atoms. The summed E-state index contributed by atoms with van der Waals surface area (Å²) in [6, 6.07) is 13.2. The number of carbonyl (C=O) groups excluding carboxylic acids is 1. The molecule has 0 aromatic heterocycles. The van der Waals surface area contributed by atoms with Crippen LogP contribution in [0, 0.1) is 0 Å². The van der Waals surface area contributed by atoms with Crippen LogP contribution in [0.15, 0.2) is 47.5 Å². The Kier molecular flexibility index (Phi) is 9.51. The van der Waals surface area contributed by atoms with E-state index in [-0.39, 0.29) is 5.91 Å². The second-order valence-electron chi connectivity index (χ2n) is 6.58. The van der Waals surface area contributed by atoms with Crippen molar-refractivity contribution in [1.29, 1.82) is 0 Å². The van der Waals surface area contributed by atoms with Crippen molar-refractivity contribution < 1.29 is 14.3 Å². The molecule has 3 N–H and O–H groups in total. The molecular weight excluding hydrogens is 380 g/mol. The van der Waals surface area contributed by atoms with Gasteiger partial charge in [0.2, 0.25) is 0 Å². The van der Waals surface area contributed by atoms with Gasteiger partial charge in [0.1, 0.15) is 0 Å². The molecule has 0 atom stereocenters. The molecule has 0 fully saturated rings. The van der Waals surface area contributed by atoms with Gasteiger partial charge in [-0.3, -0.25) is 4.79 Å². The maximum atomic E-state index is 12.2. The molecule has 162 valence electrons. The van der Waals surface area contributed by atoms with Crippen LogP contribution in [-0.4, -0.2) is 38.7 Å². The minimum Gasteiger partial charge on any atom is -0.493 e. The molecule has 0 saturated heterocycles. The number of hydrogen-bond acceptors (Lipinski definition) is 4. The first-order valence-electron chi connectivity index (χ1n) is 10.3. The highest BCUT2D eigenvalue weighted by Gasteiger charge is 2.08. The van der Waals surface area contributed by atoms with Gasteiger partial charge in [-0.05, 0) is 50.1 Å². The van der Waals surface area contributed by atoms with Crippen molar-refractivity contribution in [3.63, 3.8) is 0 Å². The van der Waals surface area contributed by atoms with Crippen LogP contribution in [0.5, 0.6) is 11.5 Å². The third kappa shape index (κ3) is 6.99. The first-order chi connectivity index (χ1) is 14.6. The van der Waals surface area contributed by atoms with E-state index in [2.05, 4.69) is 20.9 Å². The summed E-state index contributed by atoms with van der Waals surface area (Å²) in [6.45, 7) is 8.38. The van der Waals surface area contributed by atoms with Gasteiger partial charge in [0.15, 0.2) is 17.5 Å². The molecule has 2 rings (SSSR count). The van der Waals surface area contributed by atoms with Crippen LogP contribution in [0.3, 0.4) is 0 Å². The van der Waals surface area contributed by atoms with E-state index in [1.54, 1.807) is 7.11 Å². The minimum atomic E-state index is -0.0609. The van der Waals surface area contributed by atoms with E-state index in [0.29, 0.717) is 42.7 Å². The molecule has 0 aliphatic heterocycles. The highest BCUT2D eigenvalue weighted by molar-refractivity contribution is 5.95. The average Bonchev–Trinajstić information content (AvgIpc) is 2.77. The van der Waals surface area contributed by atoms with Gasteiger partial charge in [-0.1, -0.05) is 19.1 Å². The van der Waals surface area contributed by atoms with Crippen LogP contribution >= 0.6 is 0 Å². The fourth-order valence-electron chi connectivity index (χ4n) is 2.79. The molecule has 7 nitrogen and oxygen atoms in total. The first-order valence-corrected chi connectivity index (χ1v) is 10.3. The van der Waals surface area contributed by atoms with E-state index in [1.807, 2.05) is 63.2 Å². The van der Waals surface area contributed by atoms with Crippen LogP contribution < -0.4 is 25.4 Å². The van der Waals surface area contributed by atoms with Crippen LogP contribution in [0.4, 0.5) is 5.69 Å². The lowest BCUT2D eigenvalue weighted by Gasteiger charge is -2.14. The molecule has 30 heavy (non-hydrogen) atoms. The highest BCUT2D eigenvalue weighted by atomic mass is 16.5. The van der Waals surface area contributed by atoms with E-state index in [0.717, 1.165) is 24.2 Å². The Morgan fingerprint density at radius 3 is 2.57 bits per heavy atom. The molecule has 0 radical (unpaired) electrons. The number of methoxy groups -OCH3 is 1. The number of hydrogen-bond donors (Lipinski definition) is 3. The molecule has 0 aliphatic rings. The van der Waals surface area contributed by atoms with E-state index >= 15 is 0 Å². The van der Waals surface area contributed by atoms with Crippen molar-refractivity contribution in [1.82, 2.24) is 10.6 Å². The lowest BCUT2D eigenvalue weighted by atomic mass is 10.1. The van der Waals surface area contributed by atoms with Crippen LogP contribution in [-0.2, 0) is 6.54 Å². The lowest BCUT2D eigenvalue weighted by Crippen LogP contribution is -2.30. The Balaban J connectivity index is 2.12. The van der Waals surface area contributed by atoms with Crippen molar-refractivity contribution in [2.75, 3.05) is 32.1 Å². The second-order valence-corrected chi connectivity index (χ2v) is 6.58. The maximum absolute atomic E-state index is 12.2. The molecule has 2 aromatic rings. The molecule has 0 heterocycles. The first kappa shape index (κ1) is 23.1. The molecule has 7 heteroatoms. The predicted octanol–water partition coefficient (Wildman–Crippen LogP) is 3.81. The van der Waals surface area contributed by atoms with E-state index < -0.39 is 0 Å². The summed E-state index contributed by atoms with van der Waals surface area (Å²) in [4.78, 5) is 16.8. The quantitative estimate of drug-likeness (QED) is 0.408. The zero-order valence-corrected chi connectivity index (χ0v) is 18.2. The number of anilines is 1. The number of amides is 1. The molecule has 0 unspecified atom stereocenters. The van der Waals surface area contributed by atoms with Gasteiger partial charge in [0.05, 0.1) is 20.3 Å². The average molecular weight is 413 g/mol. The predicted molar refractivity (Wildman–Crippen MR) is 122 cm³/mol. The number of benzene rings is 2. The third-order valence-electron chi connectivity index (χ3n) is 4.21. The number of aliphatic imine (C=N–C) groups is 1. The van der Waals surface area contributed by atoms with Crippen LogP contribution in [0.2, 0.25) is 0 Å². The summed E-state index contributed by atoms with van der Waals surface area (Å²) in [5, 5.41) is 9.41. The van der Waals surface area contributed by atoms with Gasteiger partial charge in [0, 0.05) is 30.4 Å². The van der Waals surface area contributed by atoms with Gasteiger partial charge in [-0.25, -0.2) is 4.99 Å². The lowest BCUT2D eigenvalue weighted by molar-refractivity contribution is 0.0953. The third-order valence-corrected chi connectivity index (χ3v) is 4.21. The molecule has 1 amide bonds. The number of nitrogens with one attached hydrogen (secondary N) is 3. The number of ether oxygens (including phenoxy) is 2. The van der Waals surface area contributed by atoms with Crippen molar-refractivity contribution >= 4 is 17.6 Å². The van der Waals surface area contributed by atoms with Crippen LogP contribution in [0.1, 0.15) is 43.1 Å². The van der Waals surface area contributed by atoms with Crippen molar-refractivity contribution in [2.24, 2.45) is 4.99 Å². The normalized spacial score (nSPS) is 11.0. The Bertz CT molecular complexity index is 852. The maximum Gasteiger partial charge on any atom is 0.251 e. The highest BCUT2D eigenvalue weighted by Crippen LogP contribution is 2.30. The topological polar surface area (TPSA) is 84.0 Å². The zero-order chi connectivity index (χ0) is 21.8. The molecular formula is C23H32N4O3. The molecule has 0 spiro atoms. The summed E-state index contributed by atoms with van der Waals surface area (Å²) in [5.74, 6) is 1.94. The van der Waals surface area contributed by atoms with Crippen molar-refractivity contribution in [3.8, 4) is 11.5 Å². The fraction of sp³-hybridized carbons (Fsp3) is 0.391. The summed E-state index contributed by atoms with van der Waals surface area (Å²) in [7, 11) is 1.62. The Morgan fingerprint density at radius 1 is 1.03 bits per heavy atom. The molecule has 0 aliphatic carbocycles. The van der Waals surface area contributed by atoms with Gasteiger partial charge in [-0.15, -0.1) is 0 Å².